The maximum absolute atomic E-state index is 11.7. The first-order chi connectivity index (χ1) is 5.99. The van der Waals surface area contributed by atoms with Gasteiger partial charge in [0.05, 0.1) is 0 Å². The Morgan fingerprint density at radius 2 is 2.23 bits per heavy atom. The summed E-state index contributed by atoms with van der Waals surface area (Å²) in [5.41, 5.74) is 0.629. The van der Waals surface area contributed by atoms with Crippen LogP contribution in [0.25, 0.3) is 0 Å². The van der Waals surface area contributed by atoms with Gasteiger partial charge in [-0.3, -0.25) is 0 Å². The van der Waals surface area contributed by atoms with Crippen LogP contribution in [0.2, 0.25) is 0 Å². The van der Waals surface area contributed by atoms with Crippen LogP contribution in [0, 0.1) is 0 Å². The summed E-state index contributed by atoms with van der Waals surface area (Å²) < 4.78 is 35.2. The summed E-state index contributed by atoms with van der Waals surface area (Å²) in [6.07, 6.45) is -4.22. The fourth-order valence-corrected chi connectivity index (χ4v) is 1.60. The van der Waals surface area contributed by atoms with E-state index >= 15 is 0 Å². The van der Waals surface area contributed by atoms with Gasteiger partial charge in [0.1, 0.15) is 11.5 Å². The molecule has 1 N–H and O–H groups in total. The Labute approximate surface area is 82.6 Å². The standard InChI is InChI=1S/C7H6F3NS2/c8-7(9,10)4-11-6(12)5-1-2-13-3-5/h1-3H,4H2,(H,11,12). The molecule has 0 radical (unpaired) electrons. The molecule has 0 unspecified atom stereocenters. The van der Waals surface area contributed by atoms with Gasteiger partial charge in [0, 0.05) is 10.9 Å². The average molecular weight is 225 g/mol. The zero-order chi connectivity index (χ0) is 9.90. The van der Waals surface area contributed by atoms with Crippen LogP contribution in [-0.2, 0) is 0 Å². The summed E-state index contributed by atoms with van der Waals surface area (Å²) in [6.45, 7) is -1.08. The highest BCUT2D eigenvalue weighted by molar-refractivity contribution is 7.80. The van der Waals surface area contributed by atoms with E-state index in [4.69, 9.17) is 12.2 Å². The largest absolute Gasteiger partial charge is 0.405 e. The van der Waals surface area contributed by atoms with Crippen LogP contribution in [0.4, 0.5) is 13.2 Å². The van der Waals surface area contributed by atoms with Gasteiger partial charge in [-0.15, -0.1) is 0 Å². The normalized spacial score (nSPS) is 11.3. The summed E-state index contributed by atoms with van der Waals surface area (Å²) in [6, 6.07) is 1.68. The predicted octanol–water partition coefficient (Wildman–Crippen LogP) is 2.58. The number of halogens is 3. The van der Waals surface area contributed by atoms with Gasteiger partial charge in [0.25, 0.3) is 0 Å². The second-order valence-electron chi connectivity index (χ2n) is 2.31. The predicted molar refractivity (Wildman–Crippen MR) is 50.1 cm³/mol. The van der Waals surface area contributed by atoms with Gasteiger partial charge in [-0.05, 0) is 11.4 Å². The van der Waals surface area contributed by atoms with Crippen molar-refractivity contribution in [2.45, 2.75) is 6.18 Å². The third kappa shape index (κ3) is 3.73. The van der Waals surface area contributed by atoms with Crippen LogP contribution in [-0.4, -0.2) is 17.7 Å². The number of alkyl halides is 3. The zero-order valence-corrected chi connectivity index (χ0v) is 8.02. The number of hydrogen-bond donors (Lipinski definition) is 1. The van der Waals surface area contributed by atoms with E-state index in [2.05, 4.69) is 5.32 Å². The number of thiocarbonyl (C=S) groups is 1. The summed E-state index contributed by atoms with van der Waals surface area (Å²) >= 11 is 6.13. The van der Waals surface area contributed by atoms with Crippen LogP contribution in [0.5, 0.6) is 0 Å². The van der Waals surface area contributed by atoms with E-state index in [9.17, 15) is 13.2 Å². The van der Waals surface area contributed by atoms with Crippen molar-refractivity contribution in [2.24, 2.45) is 0 Å². The Bertz CT molecular complexity index is 278. The minimum absolute atomic E-state index is 0.138. The van der Waals surface area contributed by atoms with E-state index in [1.807, 2.05) is 0 Å². The number of nitrogens with one attached hydrogen (secondary N) is 1. The minimum atomic E-state index is -4.22. The molecule has 1 heterocycles. The van der Waals surface area contributed by atoms with Gasteiger partial charge >= 0.3 is 6.18 Å². The van der Waals surface area contributed by atoms with E-state index in [0.29, 0.717) is 5.56 Å². The molecule has 1 nitrogen and oxygen atoms in total. The maximum atomic E-state index is 11.7. The fraction of sp³-hybridized carbons (Fsp3) is 0.286. The number of thiophene rings is 1. The molecule has 0 amide bonds. The monoisotopic (exact) mass is 225 g/mol. The van der Waals surface area contributed by atoms with E-state index in [-0.39, 0.29) is 4.99 Å². The summed E-state index contributed by atoms with van der Waals surface area (Å²) in [5, 5.41) is 5.60. The molecule has 0 aliphatic carbocycles. The smallest absolute Gasteiger partial charge is 0.367 e. The molecule has 0 aliphatic heterocycles. The summed E-state index contributed by atoms with van der Waals surface area (Å²) in [4.78, 5) is 0.138. The molecule has 0 fully saturated rings. The van der Waals surface area contributed by atoms with Crippen LogP contribution in [0.3, 0.4) is 0 Å². The van der Waals surface area contributed by atoms with Gasteiger partial charge in [-0.1, -0.05) is 12.2 Å². The first-order valence-corrected chi connectivity index (χ1v) is 4.71. The first kappa shape index (κ1) is 10.5. The lowest BCUT2D eigenvalue weighted by Crippen LogP contribution is -2.32. The average Bonchev–Trinajstić information content (AvgIpc) is 2.50. The molecular formula is C7H6F3NS2. The molecule has 1 aromatic rings. The minimum Gasteiger partial charge on any atom is -0.367 e. The van der Waals surface area contributed by atoms with Crippen molar-refractivity contribution >= 4 is 28.5 Å². The van der Waals surface area contributed by atoms with Crippen molar-refractivity contribution in [2.75, 3.05) is 6.54 Å². The molecule has 0 spiro atoms. The topological polar surface area (TPSA) is 12.0 Å². The van der Waals surface area contributed by atoms with E-state index in [0.717, 1.165) is 0 Å². The maximum Gasteiger partial charge on any atom is 0.405 e. The van der Waals surface area contributed by atoms with Gasteiger partial charge in [-0.2, -0.15) is 24.5 Å². The van der Waals surface area contributed by atoms with Crippen molar-refractivity contribution in [1.82, 2.24) is 5.32 Å². The van der Waals surface area contributed by atoms with Crippen molar-refractivity contribution < 1.29 is 13.2 Å². The molecule has 0 bridgehead atoms. The van der Waals surface area contributed by atoms with Crippen LogP contribution in [0.15, 0.2) is 16.8 Å². The third-order valence-electron chi connectivity index (χ3n) is 1.23. The lowest BCUT2D eigenvalue weighted by atomic mass is 10.3. The SMILES string of the molecule is FC(F)(F)CNC(=S)c1ccsc1. The highest BCUT2D eigenvalue weighted by atomic mass is 32.1. The Balaban J connectivity index is 2.44. The summed E-state index contributed by atoms with van der Waals surface area (Å²) in [5.74, 6) is 0. The van der Waals surface area contributed by atoms with Crippen molar-refractivity contribution in [3.63, 3.8) is 0 Å². The van der Waals surface area contributed by atoms with Crippen molar-refractivity contribution in [1.29, 1.82) is 0 Å². The van der Waals surface area contributed by atoms with Gasteiger partial charge in [-0.25, -0.2) is 0 Å². The lowest BCUT2D eigenvalue weighted by molar-refractivity contribution is -0.121. The molecule has 72 valence electrons. The van der Waals surface area contributed by atoms with E-state index in [1.165, 1.54) is 11.3 Å². The van der Waals surface area contributed by atoms with Crippen molar-refractivity contribution in [3.05, 3.63) is 22.4 Å². The molecule has 0 aromatic carbocycles. The Morgan fingerprint density at radius 3 is 2.69 bits per heavy atom. The first-order valence-electron chi connectivity index (χ1n) is 3.36. The summed E-state index contributed by atoms with van der Waals surface area (Å²) in [7, 11) is 0. The Kier molecular flexibility index (Phi) is 3.27. The molecule has 1 aromatic heterocycles. The molecule has 0 saturated carbocycles. The van der Waals surface area contributed by atoms with E-state index < -0.39 is 12.7 Å². The zero-order valence-electron chi connectivity index (χ0n) is 6.39. The van der Waals surface area contributed by atoms with Crippen LogP contribution in [0.1, 0.15) is 5.56 Å². The second kappa shape index (κ2) is 4.06. The van der Waals surface area contributed by atoms with Gasteiger partial charge in [0.2, 0.25) is 0 Å². The third-order valence-corrected chi connectivity index (χ3v) is 2.30. The van der Waals surface area contributed by atoms with E-state index in [1.54, 1.807) is 16.8 Å². The molecule has 0 saturated heterocycles. The highest BCUT2D eigenvalue weighted by Gasteiger charge is 2.27. The van der Waals surface area contributed by atoms with Gasteiger partial charge in [0.15, 0.2) is 0 Å². The molecular weight excluding hydrogens is 219 g/mol. The van der Waals surface area contributed by atoms with Crippen molar-refractivity contribution in [3.8, 4) is 0 Å². The molecule has 1 rings (SSSR count). The van der Waals surface area contributed by atoms with Crippen LogP contribution >= 0.6 is 23.6 Å². The number of rotatable bonds is 2. The van der Waals surface area contributed by atoms with Crippen LogP contribution < -0.4 is 5.32 Å². The molecule has 13 heavy (non-hydrogen) atoms. The second-order valence-corrected chi connectivity index (χ2v) is 3.50. The molecule has 0 atom stereocenters. The van der Waals surface area contributed by atoms with Gasteiger partial charge < -0.3 is 5.32 Å². The molecule has 0 aliphatic rings. The fourth-order valence-electron chi connectivity index (χ4n) is 0.676. The highest BCUT2D eigenvalue weighted by Crippen LogP contribution is 2.13. The molecule has 6 heteroatoms. The number of hydrogen-bond acceptors (Lipinski definition) is 2. The quantitative estimate of drug-likeness (QED) is 0.776. The lowest BCUT2D eigenvalue weighted by Gasteiger charge is -2.08. The Morgan fingerprint density at radius 1 is 1.54 bits per heavy atom. The Hall–Kier alpha value is -0.620.